The van der Waals surface area contributed by atoms with Crippen molar-refractivity contribution in [2.45, 2.75) is 33.3 Å². The summed E-state index contributed by atoms with van der Waals surface area (Å²) >= 11 is 0. The summed E-state index contributed by atoms with van der Waals surface area (Å²) in [5, 5.41) is 14.6. The van der Waals surface area contributed by atoms with Crippen molar-refractivity contribution in [2.24, 2.45) is 13.0 Å². The fourth-order valence-electron chi connectivity index (χ4n) is 1.96. The fraction of sp³-hybridized carbons (Fsp3) is 0.750. The van der Waals surface area contributed by atoms with Crippen LogP contribution in [0.4, 0.5) is 0 Å². The number of aliphatic hydroxyl groups is 1. The van der Waals surface area contributed by atoms with E-state index < -0.39 is 6.10 Å². The van der Waals surface area contributed by atoms with Crippen LogP contribution in [0.3, 0.4) is 0 Å². The van der Waals surface area contributed by atoms with Crippen LogP contribution in [0.1, 0.15) is 36.4 Å². The number of nitrogens with zero attached hydrogens (tertiary/aromatic N) is 2. The predicted octanol–water partition coefficient (Wildman–Crippen LogP) is 1.74. The zero-order valence-corrected chi connectivity index (χ0v) is 10.8. The Morgan fingerprint density at radius 1 is 1.44 bits per heavy atom. The maximum atomic E-state index is 10.3. The van der Waals surface area contributed by atoms with Gasteiger partial charge in [0.1, 0.15) is 0 Å². The summed E-state index contributed by atoms with van der Waals surface area (Å²) in [6.45, 7) is 6.64. The van der Waals surface area contributed by atoms with Crippen molar-refractivity contribution in [1.82, 2.24) is 9.78 Å². The normalized spacial score (nSPS) is 15.1. The lowest BCUT2D eigenvalue weighted by atomic mass is 9.93. The Balaban J connectivity index is 2.82. The highest BCUT2D eigenvalue weighted by atomic mass is 16.5. The van der Waals surface area contributed by atoms with Gasteiger partial charge in [0.15, 0.2) is 0 Å². The van der Waals surface area contributed by atoms with Gasteiger partial charge in [-0.2, -0.15) is 5.10 Å². The van der Waals surface area contributed by atoms with Gasteiger partial charge < -0.3 is 9.84 Å². The quantitative estimate of drug-likeness (QED) is 0.832. The zero-order chi connectivity index (χ0) is 12.3. The summed E-state index contributed by atoms with van der Waals surface area (Å²) in [5.41, 5.74) is 2.91. The summed E-state index contributed by atoms with van der Waals surface area (Å²) in [4.78, 5) is 0. The van der Waals surface area contributed by atoms with Gasteiger partial charge in [-0.1, -0.05) is 6.92 Å². The van der Waals surface area contributed by atoms with E-state index in [2.05, 4.69) is 5.10 Å². The molecule has 0 radical (unpaired) electrons. The first-order valence-corrected chi connectivity index (χ1v) is 5.66. The monoisotopic (exact) mass is 226 g/mol. The minimum absolute atomic E-state index is 0.182. The van der Waals surface area contributed by atoms with Crippen LogP contribution in [-0.2, 0) is 11.8 Å². The molecule has 0 bridgehead atoms. The lowest BCUT2D eigenvalue weighted by molar-refractivity contribution is 0.0876. The highest BCUT2D eigenvalue weighted by Crippen LogP contribution is 2.28. The molecule has 4 heteroatoms. The molecule has 0 aliphatic carbocycles. The smallest absolute Gasteiger partial charge is 0.0852 e. The molecule has 2 unspecified atom stereocenters. The molecule has 0 aliphatic rings. The van der Waals surface area contributed by atoms with Gasteiger partial charge in [-0.15, -0.1) is 0 Å². The Morgan fingerprint density at radius 2 is 2.06 bits per heavy atom. The minimum atomic E-state index is -0.455. The number of rotatable bonds is 5. The number of aliphatic hydroxyl groups excluding tert-OH is 1. The maximum Gasteiger partial charge on any atom is 0.0852 e. The molecule has 16 heavy (non-hydrogen) atoms. The van der Waals surface area contributed by atoms with Crippen LogP contribution in [0.25, 0.3) is 0 Å². The molecule has 92 valence electrons. The third kappa shape index (κ3) is 2.62. The Kier molecular flexibility index (Phi) is 4.50. The van der Waals surface area contributed by atoms with Crippen LogP contribution in [0, 0.1) is 19.8 Å². The standard InChI is InChI=1S/C12H22N2O2/c1-8(6-7-16-5)12(15)11-9(2)13-14(4)10(11)3/h8,12,15H,6-7H2,1-5H3. The molecule has 0 aromatic carbocycles. The van der Waals surface area contributed by atoms with Crippen molar-refractivity contribution in [1.29, 1.82) is 0 Å². The molecule has 2 atom stereocenters. The van der Waals surface area contributed by atoms with E-state index >= 15 is 0 Å². The summed E-state index contributed by atoms with van der Waals surface area (Å²) in [6.07, 6.45) is 0.398. The lowest BCUT2D eigenvalue weighted by Crippen LogP contribution is -2.13. The maximum absolute atomic E-state index is 10.3. The number of aryl methyl sites for hydroxylation is 2. The summed E-state index contributed by atoms with van der Waals surface area (Å²) in [6, 6.07) is 0. The average Bonchev–Trinajstić information content (AvgIpc) is 2.49. The molecule has 0 saturated heterocycles. The van der Waals surface area contributed by atoms with Crippen molar-refractivity contribution in [3.05, 3.63) is 17.0 Å². The van der Waals surface area contributed by atoms with Gasteiger partial charge in [0.05, 0.1) is 11.8 Å². The second-order valence-corrected chi connectivity index (χ2v) is 4.41. The predicted molar refractivity (Wildman–Crippen MR) is 63.3 cm³/mol. The van der Waals surface area contributed by atoms with E-state index in [9.17, 15) is 5.11 Å². The van der Waals surface area contributed by atoms with Gasteiger partial charge in [-0.3, -0.25) is 4.68 Å². The van der Waals surface area contributed by atoms with E-state index in [-0.39, 0.29) is 5.92 Å². The molecule has 0 aliphatic heterocycles. The Morgan fingerprint density at radius 3 is 2.50 bits per heavy atom. The van der Waals surface area contributed by atoms with Gasteiger partial charge in [0.2, 0.25) is 0 Å². The molecule has 1 N–H and O–H groups in total. The van der Waals surface area contributed by atoms with E-state index in [1.54, 1.807) is 7.11 Å². The van der Waals surface area contributed by atoms with Crippen molar-refractivity contribution in [3.8, 4) is 0 Å². The molecule has 1 rings (SSSR count). The third-order valence-electron chi connectivity index (χ3n) is 3.18. The molecule has 0 amide bonds. The van der Waals surface area contributed by atoms with Gasteiger partial charge in [-0.05, 0) is 26.2 Å². The van der Waals surface area contributed by atoms with Gasteiger partial charge in [0, 0.05) is 32.0 Å². The fourth-order valence-corrected chi connectivity index (χ4v) is 1.96. The first-order chi connectivity index (χ1) is 7.49. The van der Waals surface area contributed by atoms with E-state index in [1.165, 1.54) is 0 Å². The van der Waals surface area contributed by atoms with Crippen molar-refractivity contribution < 1.29 is 9.84 Å². The molecule has 1 aromatic rings. The number of hydrogen-bond acceptors (Lipinski definition) is 3. The highest BCUT2D eigenvalue weighted by Gasteiger charge is 2.22. The van der Waals surface area contributed by atoms with E-state index in [4.69, 9.17) is 4.74 Å². The Bertz CT molecular complexity index is 347. The van der Waals surface area contributed by atoms with Crippen molar-refractivity contribution >= 4 is 0 Å². The summed E-state index contributed by atoms with van der Waals surface area (Å²) < 4.78 is 6.85. The van der Waals surface area contributed by atoms with E-state index in [0.717, 1.165) is 23.4 Å². The number of methoxy groups -OCH3 is 1. The number of aromatic nitrogens is 2. The van der Waals surface area contributed by atoms with Crippen molar-refractivity contribution in [3.63, 3.8) is 0 Å². The summed E-state index contributed by atoms with van der Waals surface area (Å²) in [7, 11) is 3.58. The van der Waals surface area contributed by atoms with E-state index in [1.807, 2.05) is 32.5 Å². The highest BCUT2D eigenvalue weighted by molar-refractivity contribution is 5.27. The third-order valence-corrected chi connectivity index (χ3v) is 3.18. The van der Waals surface area contributed by atoms with Crippen LogP contribution in [0.15, 0.2) is 0 Å². The van der Waals surface area contributed by atoms with Gasteiger partial charge >= 0.3 is 0 Å². The number of ether oxygens (including phenoxy) is 1. The molecule has 0 fully saturated rings. The van der Waals surface area contributed by atoms with Crippen molar-refractivity contribution in [2.75, 3.05) is 13.7 Å². The van der Waals surface area contributed by atoms with Crippen LogP contribution >= 0.6 is 0 Å². The lowest BCUT2D eigenvalue weighted by Gasteiger charge is -2.19. The zero-order valence-electron chi connectivity index (χ0n) is 10.8. The minimum Gasteiger partial charge on any atom is -0.388 e. The molecule has 4 nitrogen and oxygen atoms in total. The topological polar surface area (TPSA) is 47.3 Å². The SMILES string of the molecule is COCCC(C)C(O)c1c(C)nn(C)c1C. The van der Waals surface area contributed by atoms with Crippen LogP contribution < -0.4 is 0 Å². The molecule has 1 aromatic heterocycles. The average molecular weight is 226 g/mol. The van der Waals surface area contributed by atoms with Gasteiger partial charge in [-0.25, -0.2) is 0 Å². The second kappa shape index (κ2) is 5.46. The van der Waals surface area contributed by atoms with E-state index in [0.29, 0.717) is 6.61 Å². The first kappa shape index (κ1) is 13.2. The van der Waals surface area contributed by atoms with Gasteiger partial charge in [0.25, 0.3) is 0 Å². The Hall–Kier alpha value is -0.870. The largest absolute Gasteiger partial charge is 0.388 e. The molecule has 0 saturated carbocycles. The Labute approximate surface area is 97.2 Å². The second-order valence-electron chi connectivity index (χ2n) is 4.41. The summed E-state index contributed by atoms with van der Waals surface area (Å²) in [5.74, 6) is 0.182. The molecular weight excluding hydrogens is 204 g/mol. The van der Waals surface area contributed by atoms with Crippen LogP contribution in [-0.4, -0.2) is 28.6 Å². The van der Waals surface area contributed by atoms with Crippen LogP contribution in [0.5, 0.6) is 0 Å². The number of hydrogen-bond donors (Lipinski definition) is 1. The molecular formula is C12H22N2O2. The molecule has 0 spiro atoms. The van der Waals surface area contributed by atoms with Crippen LogP contribution in [0.2, 0.25) is 0 Å². The molecule has 1 heterocycles. The first-order valence-electron chi connectivity index (χ1n) is 5.66.